The lowest BCUT2D eigenvalue weighted by atomic mass is 10.1. The zero-order chi connectivity index (χ0) is 16.4. The van der Waals surface area contributed by atoms with E-state index < -0.39 is 21.9 Å². The van der Waals surface area contributed by atoms with Crippen LogP contribution in [0.2, 0.25) is 0 Å². The lowest BCUT2D eigenvalue weighted by Gasteiger charge is -2.05. The molecule has 0 saturated heterocycles. The van der Waals surface area contributed by atoms with Crippen LogP contribution >= 0.6 is 11.3 Å². The molecule has 0 fully saturated rings. The van der Waals surface area contributed by atoms with Crippen LogP contribution in [0.3, 0.4) is 0 Å². The van der Waals surface area contributed by atoms with Gasteiger partial charge in [0.15, 0.2) is 5.56 Å². The molecule has 23 heavy (non-hydrogen) atoms. The number of rotatable bonds is 5. The van der Waals surface area contributed by atoms with E-state index in [-0.39, 0.29) is 16.2 Å². The van der Waals surface area contributed by atoms with Gasteiger partial charge in [0.2, 0.25) is 0 Å². The summed E-state index contributed by atoms with van der Waals surface area (Å²) in [6.45, 7) is 0. The van der Waals surface area contributed by atoms with Crippen LogP contribution in [0.1, 0.15) is 10.4 Å². The number of carboxylic acid groups (broad SMARTS) is 1. The normalized spacial score (nSPS) is 11.3. The van der Waals surface area contributed by atoms with Crippen molar-refractivity contribution in [1.29, 1.82) is 0 Å². The maximum Gasteiger partial charge on any atom is 0.343 e. The van der Waals surface area contributed by atoms with Gasteiger partial charge in [-0.1, -0.05) is 23.4 Å². The molecule has 0 aliphatic heterocycles. The van der Waals surface area contributed by atoms with Crippen molar-refractivity contribution in [3.63, 3.8) is 0 Å². The van der Waals surface area contributed by atoms with Crippen molar-refractivity contribution in [1.82, 2.24) is 5.16 Å². The van der Waals surface area contributed by atoms with Gasteiger partial charge in [-0.05, 0) is 23.6 Å². The van der Waals surface area contributed by atoms with Crippen LogP contribution < -0.4 is 4.72 Å². The lowest BCUT2D eigenvalue weighted by molar-refractivity contribution is 0.0698. The van der Waals surface area contributed by atoms with Gasteiger partial charge in [0, 0.05) is 10.9 Å². The Morgan fingerprint density at radius 1 is 1.22 bits per heavy atom. The fraction of sp³-hybridized carbons (Fsp3) is 0. The van der Waals surface area contributed by atoms with Gasteiger partial charge in [0.1, 0.15) is 5.69 Å². The molecule has 2 heterocycles. The number of hydrogen-bond donors (Lipinski definition) is 2. The highest BCUT2D eigenvalue weighted by molar-refractivity contribution is 7.92. The molecule has 0 spiro atoms. The average molecular weight is 350 g/mol. The van der Waals surface area contributed by atoms with Gasteiger partial charge in [0.05, 0.1) is 4.90 Å². The van der Waals surface area contributed by atoms with Crippen LogP contribution in [-0.2, 0) is 10.0 Å². The lowest BCUT2D eigenvalue weighted by Crippen LogP contribution is -2.14. The molecule has 0 atom stereocenters. The maximum atomic E-state index is 12.3. The van der Waals surface area contributed by atoms with Crippen molar-refractivity contribution in [3.05, 3.63) is 52.7 Å². The Labute approximate surface area is 135 Å². The van der Waals surface area contributed by atoms with Gasteiger partial charge in [0.25, 0.3) is 15.9 Å². The molecule has 7 nitrogen and oxygen atoms in total. The number of carboxylic acids is 1. The van der Waals surface area contributed by atoms with E-state index in [9.17, 15) is 18.3 Å². The quantitative estimate of drug-likeness (QED) is 0.732. The van der Waals surface area contributed by atoms with Crippen LogP contribution in [0.5, 0.6) is 0 Å². The number of sulfonamides is 1. The fourth-order valence-electron chi connectivity index (χ4n) is 1.94. The van der Waals surface area contributed by atoms with Gasteiger partial charge in [-0.2, -0.15) is 11.3 Å². The van der Waals surface area contributed by atoms with Crippen LogP contribution in [0.15, 0.2) is 56.6 Å². The average Bonchev–Trinajstić information content (AvgIpc) is 3.16. The van der Waals surface area contributed by atoms with Crippen molar-refractivity contribution >= 4 is 33.2 Å². The Bertz CT molecular complexity index is 931. The molecule has 2 N–H and O–H groups in total. The number of nitrogens with one attached hydrogen (secondary N) is 1. The molecule has 0 unspecified atom stereocenters. The topological polar surface area (TPSA) is 110 Å². The zero-order valence-corrected chi connectivity index (χ0v) is 13.1. The van der Waals surface area contributed by atoms with Crippen LogP contribution in [0.25, 0.3) is 11.3 Å². The van der Waals surface area contributed by atoms with E-state index in [0.717, 1.165) is 0 Å². The second kappa shape index (κ2) is 5.86. The van der Waals surface area contributed by atoms with Gasteiger partial charge in [-0.25, -0.2) is 17.9 Å². The first-order valence-electron chi connectivity index (χ1n) is 6.32. The molecule has 0 bridgehead atoms. The molecule has 3 rings (SSSR count). The van der Waals surface area contributed by atoms with E-state index in [4.69, 9.17) is 4.52 Å². The largest absolute Gasteiger partial charge is 0.477 e. The summed E-state index contributed by atoms with van der Waals surface area (Å²) in [5.41, 5.74) is 0.286. The van der Waals surface area contributed by atoms with E-state index in [1.165, 1.54) is 23.5 Å². The summed E-state index contributed by atoms with van der Waals surface area (Å²) in [6.07, 6.45) is 0. The molecule has 0 aliphatic carbocycles. The number of aromatic nitrogens is 1. The fourth-order valence-corrected chi connectivity index (χ4v) is 3.59. The van der Waals surface area contributed by atoms with E-state index >= 15 is 0 Å². The Morgan fingerprint density at radius 3 is 2.57 bits per heavy atom. The minimum Gasteiger partial charge on any atom is -0.477 e. The monoisotopic (exact) mass is 350 g/mol. The highest BCUT2D eigenvalue weighted by Gasteiger charge is 2.27. The minimum absolute atomic E-state index is 0.00942. The highest BCUT2D eigenvalue weighted by Crippen LogP contribution is 2.31. The van der Waals surface area contributed by atoms with E-state index in [2.05, 4.69) is 9.88 Å². The first-order valence-corrected chi connectivity index (χ1v) is 8.75. The zero-order valence-electron chi connectivity index (χ0n) is 11.5. The summed E-state index contributed by atoms with van der Waals surface area (Å²) in [7, 11) is -3.97. The Kier molecular flexibility index (Phi) is 3.89. The minimum atomic E-state index is -3.97. The van der Waals surface area contributed by atoms with Crippen molar-refractivity contribution < 1.29 is 22.8 Å². The third kappa shape index (κ3) is 2.96. The van der Waals surface area contributed by atoms with E-state index in [0.29, 0.717) is 5.56 Å². The number of benzene rings is 1. The van der Waals surface area contributed by atoms with Crippen molar-refractivity contribution in [3.8, 4) is 11.3 Å². The van der Waals surface area contributed by atoms with E-state index in [1.54, 1.807) is 35.0 Å². The summed E-state index contributed by atoms with van der Waals surface area (Å²) in [5, 5.41) is 16.5. The van der Waals surface area contributed by atoms with Gasteiger partial charge >= 0.3 is 5.97 Å². The molecule has 0 amide bonds. The van der Waals surface area contributed by atoms with Crippen LogP contribution in [0.4, 0.5) is 5.88 Å². The van der Waals surface area contributed by atoms with E-state index in [1.807, 2.05) is 0 Å². The third-order valence-corrected chi connectivity index (χ3v) is 5.01. The van der Waals surface area contributed by atoms with Crippen molar-refractivity contribution in [2.75, 3.05) is 4.72 Å². The molecule has 0 saturated carbocycles. The number of anilines is 1. The van der Waals surface area contributed by atoms with Gasteiger partial charge in [-0.15, -0.1) is 0 Å². The number of nitrogens with zero attached hydrogens (tertiary/aromatic N) is 1. The van der Waals surface area contributed by atoms with Crippen LogP contribution in [0, 0.1) is 0 Å². The Hall–Kier alpha value is -2.65. The molecule has 1 aromatic carbocycles. The highest BCUT2D eigenvalue weighted by atomic mass is 32.2. The maximum absolute atomic E-state index is 12.3. The standard InChI is InChI=1S/C14H10N2O5S2/c17-14(18)11-12(9-6-7-22-8-9)15-21-13(11)16-23(19,20)10-4-2-1-3-5-10/h1-8,16H,(H,17,18). The SMILES string of the molecule is O=C(O)c1c(-c2ccsc2)noc1NS(=O)(=O)c1ccccc1. The smallest absolute Gasteiger partial charge is 0.343 e. The molecule has 118 valence electrons. The van der Waals surface area contributed by atoms with Crippen molar-refractivity contribution in [2.45, 2.75) is 4.90 Å². The molecule has 9 heteroatoms. The van der Waals surface area contributed by atoms with Crippen molar-refractivity contribution in [2.24, 2.45) is 0 Å². The molecule has 2 aromatic heterocycles. The second-order valence-electron chi connectivity index (χ2n) is 4.47. The van der Waals surface area contributed by atoms with Crippen LogP contribution in [-0.4, -0.2) is 24.7 Å². The third-order valence-electron chi connectivity index (χ3n) is 2.98. The summed E-state index contributed by atoms with van der Waals surface area (Å²) in [5.74, 6) is -1.76. The predicted molar refractivity (Wildman–Crippen MR) is 84.0 cm³/mol. The second-order valence-corrected chi connectivity index (χ2v) is 6.93. The summed E-state index contributed by atoms with van der Waals surface area (Å²) in [4.78, 5) is 11.5. The summed E-state index contributed by atoms with van der Waals surface area (Å²) >= 11 is 1.36. The first kappa shape index (κ1) is 15.3. The predicted octanol–water partition coefficient (Wildman–Crippen LogP) is 2.90. The molecular weight excluding hydrogens is 340 g/mol. The Morgan fingerprint density at radius 2 is 1.96 bits per heavy atom. The first-order chi connectivity index (χ1) is 11.0. The number of aromatic carboxylic acids is 1. The van der Waals surface area contributed by atoms with Gasteiger partial charge < -0.3 is 9.63 Å². The number of thiophene rings is 1. The molecule has 0 radical (unpaired) electrons. The number of carbonyl (C=O) groups is 1. The molecular formula is C14H10N2O5S2. The van der Waals surface area contributed by atoms with Gasteiger partial charge in [-0.3, -0.25) is 0 Å². The summed E-state index contributed by atoms with van der Waals surface area (Å²) in [6, 6.07) is 9.24. The summed E-state index contributed by atoms with van der Waals surface area (Å²) < 4.78 is 31.6. The number of hydrogen-bond acceptors (Lipinski definition) is 6. The molecule has 3 aromatic rings. The molecule has 0 aliphatic rings. The Balaban J connectivity index is 2.03.